The molecule has 0 atom stereocenters. The van der Waals surface area contributed by atoms with Crippen LogP contribution >= 0.6 is 24.0 Å². The minimum Gasteiger partial charge on any atom is -0.462 e. The molecule has 1 aliphatic rings. The molecule has 1 aliphatic heterocycles. The van der Waals surface area contributed by atoms with Crippen molar-refractivity contribution in [2.45, 2.75) is 6.92 Å². The van der Waals surface area contributed by atoms with Crippen LogP contribution in [0.3, 0.4) is 0 Å². The predicted octanol–water partition coefficient (Wildman–Crippen LogP) is 3.95. The highest BCUT2D eigenvalue weighted by Gasteiger charge is 2.29. The maximum atomic E-state index is 12.0. The first-order valence-electron chi connectivity index (χ1n) is 7.58. The van der Waals surface area contributed by atoms with Gasteiger partial charge in [0.25, 0.3) is 5.91 Å². The summed E-state index contributed by atoms with van der Waals surface area (Å²) in [4.78, 5) is 25.7. The molecule has 128 valence electrons. The Balaban J connectivity index is 1.79. The molecule has 1 aromatic carbocycles. The molecular formula is C18H15NO4S2. The van der Waals surface area contributed by atoms with Gasteiger partial charge >= 0.3 is 5.97 Å². The van der Waals surface area contributed by atoms with Crippen LogP contribution in [0.5, 0.6) is 0 Å². The van der Waals surface area contributed by atoms with Crippen LogP contribution in [-0.4, -0.2) is 34.8 Å². The molecule has 1 amide bonds. The van der Waals surface area contributed by atoms with E-state index >= 15 is 0 Å². The molecule has 2 aromatic rings. The number of rotatable bonds is 4. The van der Waals surface area contributed by atoms with Gasteiger partial charge < -0.3 is 9.15 Å². The number of thiocarbonyl (C=S) groups is 1. The highest BCUT2D eigenvalue weighted by molar-refractivity contribution is 8.26. The Kier molecular flexibility index (Phi) is 5.06. The minimum absolute atomic E-state index is 0.133. The molecule has 1 aromatic heterocycles. The minimum atomic E-state index is -0.351. The van der Waals surface area contributed by atoms with Gasteiger partial charge in [0, 0.05) is 18.7 Å². The quantitative estimate of drug-likeness (QED) is 0.459. The van der Waals surface area contributed by atoms with Crippen molar-refractivity contribution >= 4 is 46.3 Å². The molecule has 2 heterocycles. The van der Waals surface area contributed by atoms with Gasteiger partial charge in [0.1, 0.15) is 15.8 Å². The second-order valence-corrected chi connectivity index (χ2v) is 6.92. The smallest absolute Gasteiger partial charge is 0.338 e. The fourth-order valence-electron chi connectivity index (χ4n) is 2.25. The van der Waals surface area contributed by atoms with E-state index in [9.17, 15) is 9.59 Å². The van der Waals surface area contributed by atoms with Gasteiger partial charge in [-0.2, -0.15) is 0 Å². The van der Waals surface area contributed by atoms with E-state index in [0.29, 0.717) is 32.9 Å². The maximum absolute atomic E-state index is 12.0. The van der Waals surface area contributed by atoms with Crippen LogP contribution in [0.25, 0.3) is 17.4 Å². The molecule has 3 rings (SSSR count). The number of thioether (sulfide) groups is 1. The summed E-state index contributed by atoms with van der Waals surface area (Å²) in [5.41, 5.74) is 1.32. The number of furan rings is 1. The number of esters is 1. The van der Waals surface area contributed by atoms with Gasteiger partial charge in [0.15, 0.2) is 0 Å². The highest BCUT2D eigenvalue weighted by atomic mass is 32.2. The second-order valence-electron chi connectivity index (χ2n) is 5.24. The van der Waals surface area contributed by atoms with Crippen LogP contribution in [0.4, 0.5) is 0 Å². The Labute approximate surface area is 154 Å². The molecule has 0 aliphatic carbocycles. The lowest BCUT2D eigenvalue weighted by Gasteiger charge is -2.03. The summed E-state index contributed by atoms with van der Waals surface area (Å²) < 4.78 is 11.3. The fourth-order valence-corrected chi connectivity index (χ4v) is 3.40. The predicted molar refractivity (Wildman–Crippen MR) is 101 cm³/mol. The topological polar surface area (TPSA) is 59.8 Å². The maximum Gasteiger partial charge on any atom is 0.338 e. The Hall–Kier alpha value is -2.38. The third-order valence-corrected chi connectivity index (χ3v) is 5.05. The molecule has 7 heteroatoms. The van der Waals surface area contributed by atoms with Gasteiger partial charge in [-0.15, -0.1) is 0 Å². The summed E-state index contributed by atoms with van der Waals surface area (Å²) in [6.45, 7) is 2.11. The van der Waals surface area contributed by atoms with Gasteiger partial charge in [-0.05, 0) is 31.2 Å². The van der Waals surface area contributed by atoms with Gasteiger partial charge in [-0.3, -0.25) is 9.69 Å². The molecule has 0 N–H and O–H groups in total. The van der Waals surface area contributed by atoms with E-state index in [-0.39, 0.29) is 11.9 Å². The summed E-state index contributed by atoms with van der Waals surface area (Å²) >= 11 is 6.35. The normalized spacial score (nSPS) is 15.9. The average molecular weight is 373 g/mol. The van der Waals surface area contributed by atoms with E-state index in [0.717, 1.165) is 5.56 Å². The number of carbonyl (C=O) groups is 2. The molecule has 0 spiro atoms. The average Bonchev–Trinajstić information content (AvgIpc) is 3.17. The Morgan fingerprint density at radius 1 is 1.28 bits per heavy atom. The van der Waals surface area contributed by atoms with E-state index in [1.54, 1.807) is 50.4 Å². The standard InChI is InChI=1S/C18H15NO4S2/c1-3-22-17(21)12-6-4-11(5-7-12)14-9-8-13(23-14)10-15-16(20)19(2)18(24)25-15/h4-10H,3H2,1-2H3. The zero-order valence-electron chi connectivity index (χ0n) is 13.6. The van der Waals surface area contributed by atoms with Gasteiger partial charge in [-0.1, -0.05) is 36.1 Å². The Bertz CT molecular complexity index is 867. The fraction of sp³-hybridized carbons (Fsp3) is 0.167. The Morgan fingerprint density at radius 2 is 2.00 bits per heavy atom. The van der Waals surface area contributed by atoms with E-state index < -0.39 is 0 Å². The van der Waals surface area contributed by atoms with E-state index in [2.05, 4.69) is 0 Å². The van der Waals surface area contributed by atoms with E-state index in [1.165, 1.54) is 16.7 Å². The van der Waals surface area contributed by atoms with Crippen LogP contribution in [-0.2, 0) is 9.53 Å². The van der Waals surface area contributed by atoms with Crippen molar-refractivity contribution in [3.05, 3.63) is 52.6 Å². The molecular weight excluding hydrogens is 358 g/mol. The monoisotopic (exact) mass is 373 g/mol. The summed E-state index contributed by atoms with van der Waals surface area (Å²) in [6.07, 6.45) is 1.68. The van der Waals surface area contributed by atoms with Crippen LogP contribution in [0.15, 0.2) is 45.7 Å². The number of nitrogens with zero attached hydrogens (tertiary/aromatic N) is 1. The number of benzene rings is 1. The Morgan fingerprint density at radius 3 is 2.60 bits per heavy atom. The van der Waals surface area contributed by atoms with Gasteiger partial charge in [0.05, 0.1) is 17.1 Å². The first-order valence-corrected chi connectivity index (χ1v) is 8.81. The van der Waals surface area contributed by atoms with Crippen LogP contribution in [0.2, 0.25) is 0 Å². The third kappa shape index (κ3) is 3.67. The summed E-state index contributed by atoms with van der Waals surface area (Å²) in [6, 6.07) is 10.6. The molecule has 0 bridgehead atoms. The third-order valence-electron chi connectivity index (χ3n) is 3.57. The number of ether oxygens (including phenoxy) is 1. The molecule has 0 saturated carbocycles. The molecule has 1 saturated heterocycles. The van der Waals surface area contributed by atoms with Crippen LogP contribution in [0.1, 0.15) is 23.0 Å². The lowest BCUT2D eigenvalue weighted by atomic mass is 10.1. The van der Waals surface area contributed by atoms with Crippen molar-refractivity contribution < 1.29 is 18.7 Å². The first kappa shape index (κ1) is 17.4. The summed E-state index contributed by atoms with van der Waals surface area (Å²) in [7, 11) is 1.65. The zero-order chi connectivity index (χ0) is 18.0. The number of carbonyl (C=O) groups excluding carboxylic acids is 2. The number of hydrogen-bond acceptors (Lipinski definition) is 6. The lowest BCUT2D eigenvalue weighted by Crippen LogP contribution is -2.22. The van der Waals surface area contributed by atoms with E-state index in [4.69, 9.17) is 21.4 Å². The molecule has 0 unspecified atom stereocenters. The molecule has 5 nitrogen and oxygen atoms in total. The van der Waals surface area contributed by atoms with Crippen LogP contribution in [0, 0.1) is 0 Å². The van der Waals surface area contributed by atoms with Gasteiger partial charge in [-0.25, -0.2) is 4.79 Å². The lowest BCUT2D eigenvalue weighted by molar-refractivity contribution is -0.121. The number of amides is 1. The van der Waals surface area contributed by atoms with Crippen molar-refractivity contribution in [2.75, 3.05) is 13.7 Å². The van der Waals surface area contributed by atoms with Crippen molar-refractivity contribution in [1.29, 1.82) is 0 Å². The van der Waals surface area contributed by atoms with Crippen LogP contribution < -0.4 is 0 Å². The molecule has 0 radical (unpaired) electrons. The SMILES string of the molecule is CCOC(=O)c1ccc(-c2ccc(C=C3SC(=S)N(C)C3=O)o2)cc1. The van der Waals surface area contributed by atoms with Crippen molar-refractivity contribution in [1.82, 2.24) is 4.90 Å². The summed E-state index contributed by atoms with van der Waals surface area (Å²) in [5, 5.41) is 0. The highest BCUT2D eigenvalue weighted by Crippen LogP contribution is 2.32. The largest absolute Gasteiger partial charge is 0.462 e. The molecule has 25 heavy (non-hydrogen) atoms. The number of hydrogen-bond donors (Lipinski definition) is 0. The second kappa shape index (κ2) is 7.25. The number of likely N-dealkylation sites (N-methyl/N-ethyl adjacent to an activating group) is 1. The van der Waals surface area contributed by atoms with E-state index in [1.807, 2.05) is 6.07 Å². The first-order chi connectivity index (χ1) is 12.0. The van der Waals surface area contributed by atoms with Gasteiger partial charge in [0.2, 0.25) is 0 Å². The molecule has 1 fully saturated rings. The zero-order valence-corrected chi connectivity index (χ0v) is 15.3. The van der Waals surface area contributed by atoms with Crippen molar-refractivity contribution in [3.63, 3.8) is 0 Å². The van der Waals surface area contributed by atoms with Crippen molar-refractivity contribution in [2.24, 2.45) is 0 Å². The summed E-state index contributed by atoms with van der Waals surface area (Å²) in [5.74, 6) is 0.731. The van der Waals surface area contributed by atoms with Crippen molar-refractivity contribution in [3.8, 4) is 11.3 Å².